The van der Waals surface area contributed by atoms with Crippen LogP contribution in [0, 0.1) is 0 Å². The van der Waals surface area contributed by atoms with Crippen LogP contribution >= 0.6 is 0 Å². The highest BCUT2D eigenvalue weighted by Gasteiger charge is 2.27. The summed E-state index contributed by atoms with van der Waals surface area (Å²) in [6.45, 7) is 2.72. The fourth-order valence-corrected chi connectivity index (χ4v) is 4.79. The Morgan fingerprint density at radius 1 is 1.13 bits per heavy atom. The molecule has 0 radical (unpaired) electrons. The van der Waals surface area contributed by atoms with Crippen LogP contribution in [0.4, 0.5) is 5.69 Å². The molecule has 1 amide bonds. The third-order valence-corrected chi connectivity index (χ3v) is 6.85. The van der Waals surface area contributed by atoms with E-state index >= 15 is 0 Å². The van der Waals surface area contributed by atoms with E-state index in [4.69, 9.17) is 4.74 Å². The second kappa shape index (κ2) is 8.82. The number of tetrazole rings is 1. The maximum Gasteiger partial charge on any atom is 0.265 e. The number of nitrogens with one attached hydrogen (secondary N) is 1. The maximum absolute atomic E-state index is 12.6. The minimum Gasteiger partial charge on any atom is -0.481 e. The van der Waals surface area contributed by atoms with Gasteiger partial charge in [0.25, 0.3) is 5.91 Å². The Kier molecular flexibility index (Phi) is 5.96. The van der Waals surface area contributed by atoms with Crippen LogP contribution in [0.5, 0.6) is 5.75 Å². The minimum atomic E-state index is -3.48. The molecule has 11 heteroatoms. The van der Waals surface area contributed by atoms with Gasteiger partial charge in [0.1, 0.15) is 12.1 Å². The summed E-state index contributed by atoms with van der Waals surface area (Å²) in [4.78, 5) is 12.7. The molecule has 1 saturated heterocycles. The zero-order valence-electron chi connectivity index (χ0n) is 16.9. The van der Waals surface area contributed by atoms with E-state index in [1.165, 1.54) is 27.4 Å². The monoisotopic (exact) mass is 442 g/mol. The van der Waals surface area contributed by atoms with Crippen molar-refractivity contribution in [3.05, 3.63) is 54.9 Å². The lowest BCUT2D eigenvalue weighted by Gasteiger charge is -2.17. The predicted octanol–water partition coefficient (Wildman–Crippen LogP) is 1.85. The van der Waals surface area contributed by atoms with Gasteiger partial charge >= 0.3 is 0 Å². The van der Waals surface area contributed by atoms with E-state index in [-0.39, 0.29) is 10.8 Å². The number of amides is 1. The Bertz CT molecular complexity index is 1140. The number of aromatic nitrogens is 4. The lowest BCUT2D eigenvalue weighted by Crippen LogP contribution is -2.30. The fraction of sp³-hybridized carbons (Fsp3) is 0.300. The van der Waals surface area contributed by atoms with E-state index in [2.05, 4.69) is 20.8 Å². The Morgan fingerprint density at radius 2 is 1.87 bits per heavy atom. The van der Waals surface area contributed by atoms with Crippen LogP contribution in [0.2, 0.25) is 0 Å². The summed E-state index contributed by atoms with van der Waals surface area (Å²) in [5, 5.41) is 13.8. The SMILES string of the molecule is C[C@@H](Oc1cccc(-n2cnnn2)c1)C(=O)Nc1ccc(S(=O)(=O)N2CCCC2)cc1. The van der Waals surface area contributed by atoms with Gasteiger partial charge in [-0.25, -0.2) is 13.1 Å². The average molecular weight is 443 g/mol. The zero-order valence-corrected chi connectivity index (χ0v) is 17.7. The van der Waals surface area contributed by atoms with Gasteiger partial charge < -0.3 is 10.1 Å². The van der Waals surface area contributed by atoms with Crippen molar-refractivity contribution in [3.63, 3.8) is 0 Å². The van der Waals surface area contributed by atoms with Gasteiger partial charge in [-0.15, -0.1) is 5.10 Å². The summed E-state index contributed by atoms with van der Waals surface area (Å²) in [5.74, 6) is 0.130. The van der Waals surface area contributed by atoms with Crippen LogP contribution in [0.1, 0.15) is 19.8 Å². The second-order valence-electron chi connectivity index (χ2n) is 7.14. The molecule has 10 nitrogen and oxygen atoms in total. The van der Waals surface area contributed by atoms with Crippen LogP contribution in [-0.4, -0.2) is 58.0 Å². The number of ether oxygens (including phenoxy) is 1. The van der Waals surface area contributed by atoms with E-state index < -0.39 is 16.1 Å². The van der Waals surface area contributed by atoms with Crippen molar-refractivity contribution in [1.82, 2.24) is 24.5 Å². The summed E-state index contributed by atoms with van der Waals surface area (Å²) in [5.41, 5.74) is 1.19. The van der Waals surface area contributed by atoms with Crippen molar-refractivity contribution < 1.29 is 17.9 Å². The molecular weight excluding hydrogens is 420 g/mol. The van der Waals surface area contributed by atoms with Gasteiger partial charge in [0.05, 0.1) is 10.6 Å². The van der Waals surface area contributed by atoms with E-state index in [1.807, 2.05) is 6.07 Å². The minimum absolute atomic E-state index is 0.219. The number of carbonyl (C=O) groups is 1. The molecule has 1 atom stereocenters. The quantitative estimate of drug-likeness (QED) is 0.593. The first kappa shape index (κ1) is 20.9. The summed E-state index contributed by atoms with van der Waals surface area (Å²) in [7, 11) is -3.48. The average Bonchev–Trinajstić information content (AvgIpc) is 3.49. The Labute approximate surface area is 179 Å². The van der Waals surface area contributed by atoms with Crippen LogP contribution in [-0.2, 0) is 14.8 Å². The summed E-state index contributed by atoms with van der Waals surface area (Å²) >= 11 is 0. The van der Waals surface area contributed by atoms with Gasteiger partial charge in [0.2, 0.25) is 10.0 Å². The molecule has 0 aliphatic carbocycles. The number of sulfonamides is 1. The smallest absolute Gasteiger partial charge is 0.265 e. The molecular formula is C20H22N6O4S. The molecule has 1 fully saturated rings. The van der Waals surface area contributed by atoms with Gasteiger partial charge in [-0.1, -0.05) is 6.07 Å². The van der Waals surface area contributed by atoms with Gasteiger partial charge in [0.15, 0.2) is 6.10 Å². The molecule has 0 bridgehead atoms. The normalized spacial score (nSPS) is 15.5. The highest BCUT2D eigenvalue weighted by Crippen LogP contribution is 2.22. The predicted molar refractivity (Wildman–Crippen MR) is 112 cm³/mol. The Hall–Kier alpha value is -3.31. The van der Waals surface area contributed by atoms with Crippen molar-refractivity contribution in [2.45, 2.75) is 30.8 Å². The molecule has 162 valence electrons. The number of nitrogens with zero attached hydrogens (tertiary/aromatic N) is 5. The molecule has 0 spiro atoms. The summed E-state index contributed by atoms with van der Waals surface area (Å²) in [6, 6.07) is 13.2. The van der Waals surface area contributed by atoms with Gasteiger partial charge in [-0.3, -0.25) is 4.79 Å². The van der Waals surface area contributed by atoms with Crippen molar-refractivity contribution in [1.29, 1.82) is 0 Å². The Morgan fingerprint density at radius 3 is 2.55 bits per heavy atom. The summed E-state index contributed by atoms with van der Waals surface area (Å²) < 4.78 is 33.9. The third-order valence-electron chi connectivity index (χ3n) is 4.94. The molecule has 0 saturated carbocycles. The van der Waals surface area contributed by atoms with Crippen molar-refractivity contribution in [2.24, 2.45) is 0 Å². The highest BCUT2D eigenvalue weighted by atomic mass is 32.2. The molecule has 1 aliphatic rings. The standard InChI is InChI=1S/C20H22N6O4S/c1-15(30-18-6-4-5-17(13-18)26-14-21-23-24-26)20(27)22-16-7-9-19(10-8-16)31(28,29)25-11-2-3-12-25/h4-10,13-15H,2-3,11-12H2,1H3,(H,22,27)/t15-/m1/s1. The summed E-state index contributed by atoms with van der Waals surface area (Å²) in [6.07, 6.45) is 2.44. The topological polar surface area (TPSA) is 119 Å². The number of hydrogen-bond acceptors (Lipinski definition) is 7. The molecule has 1 aromatic heterocycles. The number of anilines is 1. The first-order chi connectivity index (χ1) is 14.9. The molecule has 0 unspecified atom stereocenters. The third kappa shape index (κ3) is 4.72. The molecule has 31 heavy (non-hydrogen) atoms. The highest BCUT2D eigenvalue weighted by molar-refractivity contribution is 7.89. The fourth-order valence-electron chi connectivity index (χ4n) is 3.27. The Balaban J connectivity index is 1.38. The van der Waals surface area contributed by atoms with E-state index in [9.17, 15) is 13.2 Å². The molecule has 2 aromatic carbocycles. The number of benzene rings is 2. The lowest BCUT2D eigenvalue weighted by atomic mass is 10.2. The van der Waals surface area contributed by atoms with Crippen LogP contribution in [0.25, 0.3) is 5.69 Å². The molecule has 4 rings (SSSR count). The first-order valence-corrected chi connectivity index (χ1v) is 11.3. The van der Waals surface area contributed by atoms with Crippen molar-refractivity contribution in [2.75, 3.05) is 18.4 Å². The largest absolute Gasteiger partial charge is 0.481 e. The molecule has 3 aromatic rings. The van der Waals surface area contributed by atoms with E-state index in [1.54, 1.807) is 37.3 Å². The van der Waals surface area contributed by atoms with Crippen molar-refractivity contribution in [3.8, 4) is 11.4 Å². The van der Waals surface area contributed by atoms with Crippen molar-refractivity contribution >= 4 is 21.6 Å². The second-order valence-corrected chi connectivity index (χ2v) is 9.07. The number of rotatable bonds is 7. The van der Waals surface area contributed by atoms with Crippen LogP contribution in [0.15, 0.2) is 59.8 Å². The maximum atomic E-state index is 12.6. The molecule has 1 N–H and O–H groups in total. The van der Waals surface area contributed by atoms with Gasteiger partial charge in [-0.05, 0) is 66.6 Å². The van der Waals surface area contributed by atoms with Gasteiger partial charge in [-0.2, -0.15) is 4.31 Å². The van der Waals surface area contributed by atoms with Crippen LogP contribution in [0.3, 0.4) is 0 Å². The van der Waals surface area contributed by atoms with Crippen LogP contribution < -0.4 is 10.1 Å². The zero-order chi connectivity index (χ0) is 21.8. The number of hydrogen-bond donors (Lipinski definition) is 1. The van der Waals surface area contributed by atoms with Gasteiger partial charge in [0, 0.05) is 24.8 Å². The molecule has 2 heterocycles. The number of carbonyl (C=O) groups excluding carboxylic acids is 1. The lowest BCUT2D eigenvalue weighted by molar-refractivity contribution is -0.122. The van der Waals surface area contributed by atoms with E-state index in [0.717, 1.165) is 12.8 Å². The molecule has 1 aliphatic heterocycles. The van der Waals surface area contributed by atoms with E-state index in [0.29, 0.717) is 30.2 Å². The first-order valence-electron chi connectivity index (χ1n) is 9.85.